The van der Waals surface area contributed by atoms with Crippen molar-refractivity contribution in [1.29, 1.82) is 0 Å². The number of aliphatic carboxylic acids is 1. The van der Waals surface area contributed by atoms with Gasteiger partial charge in [-0.05, 0) is 65.9 Å². The summed E-state index contributed by atoms with van der Waals surface area (Å²) >= 11 is 0. The Morgan fingerprint density at radius 2 is 1.54 bits per heavy atom. The van der Waals surface area contributed by atoms with Crippen LogP contribution in [0, 0.1) is 11.6 Å². The predicted octanol–water partition coefficient (Wildman–Crippen LogP) is 4.60. The van der Waals surface area contributed by atoms with E-state index in [0.717, 1.165) is 28.0 Å². The number of hydrogen-bond donors (Lipinski definition) is 1. The Bertz CT molecular complexity index is 1210. The maximum absolute atomic E-state index is 13.2. The van der Waals surface area contributed by atoms with Gasteiger partial charge in [-0.25, -0.2) is 8.78 Å². The molecule has 1 aliphatic rings. The Balaban J connectivity index is 1.40. The van der Waals surface area contributed by atoms with Gasteiger partial charge in [0.05, 0.1) is 6.42 Å². The van der Waals surface area contributed by atoms with Gasteiger partial charge in [-0.2, -0.15) is 0 Å². The molecule has 182 valence electrons. The number of hydrogen-bond acceptors (Lipinski definition) is 3. The third kappa shape index (κ3) is 6.44. The molecule has 0 saturated carbocycles. The Kier molecular flexibility index (Phi) is 7.15. The zero-order valence-electron chi connectivity index (χ0n) is 19.5. The minimum Gasteiger partial charge on any atom is -0.487 e. The first-order chi connectivity index (χ1) is 16.7. The van der Waals surface area contributed by atoms with Gasteiger partial charge in [0.1, 0.15) is 29.5 Å². The van der Waals surface area contributed by atoms with Gasteiger partial charge in [0, 0.05) is 19.4 Å². The van der Waals surface area contributed by atoms with Crippen molar-refractivity contribution in [2.24, 2.45) is 0 Å². The summed E-state index contributed by atoms with van der Waals surface area (Å²) in [5, 5.41) is 9.27. The van der Waals surface area contributed by atoms with Crippen LogP contribution in [0.5, 0.6) is 5.75 Å². The van der Waals surface area contributed by atoms with Crippen molar-refractivity contribution >= 4 is 11.9 Å². The number of nitrogens with zero attached hydrogens (tertiary/aromatic N) is 1. The molecule has 7 heteroatoms. The highest BCUT2D eigenvalue weighted by atomic mass is 19.1. The van der Waals surface area contributed by atoms with Crippen molar-refractivity contribution in [3.8, 4) is 5.75 Å². The van der Waals surface area contributed by atoms with E-state index in [1.807, 2.05) is 25.1 Å². The molecule has 0 spiro atoms. The van der Waals surface area contributed by atoms with Crippen LogP contribution in [0.15, 0.2) is 66.7 Å². The third-order valence-electron chi connectivity index (χ3n) is 6.15. The average Bonchev–Trinajstić information content (AvgIpc) is 3.14. The van der Waals surface area contributed by atoms with Crippen molar-refractivity contribution in [1.82, 2.24) is 4.90 Å². The first kappa shape index (κ1) is 24.4. The van der Waals surface area contributed by atoms with Crippen LogP contribution in [-0.4, -0.2) is 40.6 Å². The molecule has 35 heavy (non-hydrogen) atoms. The van der Waals surface area contributed by atoms with Crippen molar-refractivity contribution < 1.29 is 28.2 Å². The lowest BCUT2D eigenvalue weighted by atomic mass is 9.91. The van der Waals surface area contributed by atoms with Gasteiger partial charge >= 0.3 is 5.97 Å². The van der Waals surface area contributed by atoms with E-state index in [9.17, 15) is 23.5 Å². The van der Waals surface area contributed by atoms with E-state index in [0.29, 0.717) is 19.3 Å². The van der Waals surface area contributed by atoms with Crippen LogP contribution in [0.25, 0.3) is 0 Å². The molecule has 0 radical (unpaired) electrons. The maximum atomic E-state index is 13.2. The monoisotopic (exact) mass is 479 g/mol. The summed E-state index contributed by atoms with van der Waals surface area (Å²) in [7, 11) is 0. The van der Waals surface area contributed by atoms with Crippen LogP contribution < -0.4 is 4.74 Å². The SMILES string of the molecule is C[C@@]1(Cc2ccc(F)cc2)Cc2cc(CC(=O)N(CCc3ccc(F)cc3)CC(=O)O)ccc2O1. The molecule has 0 fully saturated rings. The summed E-state index contributed by atoms with van der Waals surface area (Å²) in [6.45, 7) is 1.83. The zero-order valence-corrected chi connectivity index (χ0v) is 19.5. The Morgan fingerprint density at radius 1 is 0.943 bits per heavy atom. The summed E-state index contributed by atoms with van der Waals surface area (Å²) in [6.07, 6.45) is 1.76. The minimum atomic E-state index is -1.09. The van der Waals surface area contributed by atoms with Gasteiger partial charge in [-0.3, -0.25) is 9.59 Å². The van der Waals surface area contributed by atoms with E-state index in [-0.39, 0.29) is 30.5 Å². The molecule has 1 amide bonds. The molecule has 3 aromatic rings. The van der Waals surface area contributed by atoms with Crippen LogP contribution >= 0.6 is 0 Å². The highest BCUT2D eigenvalue weighted by molar-refractivity contribution is 5.83. The summed E-state index contributed by atoms with van der Waals surface area (Å²) in [5.74, 6) is -1.25. The predicted molar refractivity (Wildman–Crippen MR) is 127 cm³/mol. The maximum Gasteiger partial charge on any atom is 0.323 e. The number of halogens is 2. The molecule has 0 aliphatic carbocycles. The lowest BCUT2D eigenvalue weighted by molar-refractivity contribution is -0.144. The van der Waals surface area contributed by atoms with Crippen LogP contribution in [-0.2, 0) is 35.3 Å². The molecule has 1 heterocycles. The van der Waals surface area contributed by atoms with E-state index >= 15 is 0 Å². The molecule has 1 N–H and O–H groups in total. The van der Waals surface area contributed by atoms with E-state index in [1.165, 1.54) is 29.2 Å². The summed E-state index contributed by atoms with van der Waals surface area (Å²) < 4.78 is 32.5. The van der Waals surface area contributed by atoms with E-state index in [4.69, 9.17) is 4.74 Å². The van der Waals surface area contributed by atoms with Crippen molar-refractivity contribution in [2.75, 3.05) is 13.1 Å². The lowest BCUT2D eigenvalue weighted by Crippen LogP contribution is -2.38. The van der Waals surface area contributed by atoms with Crippen LogP contribution in [0.4, 0.5) is 8.78 Å². The molecule has 0 saturated heterocycles. The number of carbonyl (C=O) groups excluding carboxylic acids is 1. The molecule has 1 aliphatic heterocycles. The Hall–Kier alpha value is -3.74. The normalized spacial score (nSPS) is 16.4. The second-order valence-electron chi connectivity index (χ2n) is 9.24. The molecular weight excluding hydrogens is 452 g/mol. The summed E-state index contributed by atoms with van der Waals surface area (Å²) in [5.41, 5.74) is 3.08. The van der Waals surface area contributed by atoms with Gasteiger partial charge in [-0.15, -0.1) is 0 Å². The molecule has 0 unspecified atom stereocenters. The van der Waals surface area contributed by atoms with E-state index < -0.39 is 18.1 Å². The number of carbonyl (C=O) groups is 2. The Labute approximate surface area is 203 Å². The number of amides is 1. The summed E-state index contributed by atoms with van der Waals surface area (Å²) in [4.78, 5) is 25.6. The van der Waals surface area contributed by atoms with Gasteiger partial charge in [0.25, 0.3) is 0 Å². The standard InChI is InChI=1S/C28H27F2NO4/c1-28(16-20-4-9-24(30)10-5-20)17-22-14-21(6-11-25(22)35-28)15-26(32)31(18-27(33)34)13-12-19-2-7-23(29)8-3-19/h2-11,14H,12-13,15-18H2,1H3,(H,33,34)/t28-/m1/s1. The number of fused-ring (bicyclic) bond motifs is 1. The zero-order chi connectivity index (χ0) is 25.0. The topological polar surface area (TPSA) is 66.8 Å². The number of carboxylic acids is 1. The fourth-order valence-electron chi connectivity index (χ4n) is 4.47. The number of benzene rings is 3. The fourth-order valence-corrected chi connectivity index (χ4v) is 4.47. The Morgan fingerprint density at radius 3 is 2.17 bits per heavy atom. The molecule has 3 aromatic carbocycles. The van der Waals surface area contributed by atoms with Crippen molar-refractivity contribution in [3.63, 3.8) is 0 Å². The molecule has 4 rings (SSSR count). The molecule has 5 nitrogen and oxygen atoms in total. The molecule has 0 aromatic heterocycles. The third-order valence-corrected chi connectivity index (χ3v) is 6.15. The van der Waals surface area contributed by atoms with Crippen molar-refractivity contribution in [2.45, 2.75) is 38.2 Å². The van der Waals surface area contributed by atoms with Crippen LogP contribution in [0.2, 0.25) is 0 Å². The number of rotatable bonds is 9. The van der Waals surface area contributed by atoms with Gasteiger partial charge in [0.2, 0.25) is 5.91 Å². The first-order valence-electron chi connectivity index (χ1n) is 11.5. The van der Waals surface area contributed by atoms with Gasteiger partial charge < -0.3 is 14.7 Å². The number of carboxylic acid groups (broad SMARTS) is 1. The van der Waals surface area contributed by atoms with Crippen molar-refractivity contribution in [3.05, 3.63) is 101 Å². The molecule has 1 atom stereocenters. The van der Waals surface area contributed by atoms with Gasteiger partial charge in [0.15, 0.2) is 0 Å². The largest absolute Gasteiger partial charge is 0.487 e. The highest BCUT2D eigenvalue weighted by Crippen LogP contribution is 2.37. The fraction of sp³-hybridized carbons (Fsp3) is 0.286. The molecular formula is C28H27F2NO4. The summed E-state index contributed by atoms with van der Waals surface area (Å²) in [6, 6.07) is 17.9. The van der Waals surface area contributed by atoms with Crippen LogP contribution in [0.3, 0.4) is 0 Å². The van der Waals surface area contributed by atoms with E-state index in [2.05, 4.69) is 0 Å². The van der Waals surface area contributed by atoms with E-state index in [1.54, 1.807) is 24.3 Å². The quantitative estimate of drug-likeness (QED) is 0.487. The average molecular weight is 480 g/mol. The minimum absolute atomic E-state index is 0.0681. The number of ether oxygens (including phenoxy) is 1. The van der Waals surface area contributed by atoms with Crippen LogP contribution in [0.1, 0.15) is 29.2 Å². The molecule has 0 bridgehead atoms. The van der Waals surface area contributed by atoms with Gasteiger partial charge in [-0.1, -0.05) is 36.4 Å². The second-order valence-corrected chi connectivity index (χ2v) is 9.24. The highest BCUT2D eigenvalue weighted by Gasteiger charge is 2.35. The second kappa shape index (κ2) is 10.3. The first-order valence-corrected chi connectivity index (χ1v) is 11.5. The smallest absolute Gasteiger partial charge is 0.323 e. The lowest BCUT2D eigenvalue weighted by Gasteiger charge is -2.24.